The van der Waals surface area contributed by atoms with Crippen molar-refractivity contribution in [1.82, 2.24) is 0 Å². The van der Waals surface area contributed by atoms with Gasteiger partial charge in [0.1, 0.15) is 5.75 Å². The Kier molecular flexibility index (Phi) is 5.80. The lowest BCUT2D eigenvalue weighted by Crippen LogP contribution is -2.41. The first-order valence-electron chi connectivity index (χ1n) is 9.86. The summed E-state index contributed by atoms with van der Waals surface area (Å²) in [6, 6.07) is 20.7. The molecule has 1 unspecified atom stereocenters. The first-order valence-corrected chi connectivity index (χ1v) is 11.3. The maximum absolute atomic E-state index is 13.5. The molecular formula is C24H23NO5S. The smallest absolute Gasteiger partial charge is 0.264 e. The van der Waals surface area contributed by atoms with Gasteiger partial charge in [-0.1, -0.05) is 42.0 Å². The predicted octanol–water partition coefficient (Wildman–Crippen LogP) is 4.15. The Morgan fingerprint density at radius 3 is 2.32 bits per heavy atom. The van der Waals surface area contributed by atoms with Crippen LogP contribution in [-0.4, -0.2) is 34.6 Å². The van der Waals surface area contributed by atoms with Gasteiger partial charge in [-0.15, -0.1) is 0 Å². The van der Waals surface area contributed by atoms with Crippen molar-refractivity contribution in [1.29, 1.82) is 0 Å². The molecule has 0 saturated heterocycles. The fourth-order valence-corrected chi connectivity index (χ4v) is 5.18. The number of hydrogen-bond acceptors (Lipinski definition) is 5. The van der Waals surface area contributed by atoms with E-state index in [2.05, 4.69) is 0 Å². The van der Waals surface area contributed by atoms with Gasteiger partial charge in [0, 0.05) is 19.2 Å². The summed E-state index contributed by atoms with van der Waals surface area (Å²) in [5.74, 6) is -0.110. The molecule has 160 valence electrons. The van der Waals surface area contributed by atoms with Gasteiger partial charge in [0.25, 0.3) is 10.0 Å². The third-order valence-electron chi connectivity index (χ3n) is 5.34. The molecule has 0 aromatic heterocycles. The number of aryl methyl sites for hydroxylation is 1. The summed E-state index contributed by atoms with van der Waals surface area (Å²) in [6.45, 7) is 2.06. The number of sulfonamides is 1. The summed E-state index contributed by atoms with van der Waals surface area (Å²) in [7, 11) is -2.30. The van der Waals surface area contributed by atoms with Gasteiger partial charge in [-0.05, 0) is 48.9 Å². The van der Waals surface area contributed by atoms with Crippen molar-refractivity contribution in [3.05, 3.63) is 89.5 Å². The Balaban J connectivity index is 1.74. The highest BCUT2D eigenvalue weighted by molar-refractivity contribution is 7.92. The van der Waals surface area contributed by atoms with E-state index in [1.807, 2.05) is 6.92 Å². The van der Waals surface area contributed by atoms with Gasteiger partial charge in [0.05, 0.1) is 16.5 Å². The molecule has 0 bridgehead atoms. The quantitative estimate of drug-likeness (QED) is 0.542. The Bertz CT molecular complexity index is 1190. The maximum atomic E-state index is 13.5. The first kappa shape index (κ1) is 21.1. The number of para-hydroxylation sites is 1. The van der Waals surface area contributed by atoms with E-state index in [1.54, 1.807) is 72.8 Å². The molecule has 0 radical (unpaired) electrons. The molecule has 1 heterocycles. The number of nitrogens with zero attached hydrogens (tertiary/aromatic N) is 1. The zero-order valence-electron chi connectivity index (χ0n) is 17.3. The summed E-state index contributed by atoms with van der Waals surface area (Å²) in [6.07, 6.45) is 0. The maximum Gasteiger partial charge on any atom is 0.264 e. The molecule has 0 spiro atoms. The molecule has 31 heavy (non-hydrogen) atoms. The molecule has 4 rings (SSSR count). The molecule has 1 aliphatic heterocycles. The Morgan fingerprint density at radius 1 is 0.968 bits per heavy atom. The average molecular weight is 438 g/mol. The first-order chi connectivity index (χ1) is 14.9. The minimum Gasteiger partial charge on any atom is -0.468 e. The highest BCUT2D eigenvalue weighted by Gasteiger charge is 2.38. The average Bonchev–Trinajstić information content (AvgIpc) is 2.79. The molecule has 0 saturated carbocycles. The number of benzene rings is 3. The fourth-order valence-electron chi connectivity index (χ4n) is 3.68. The minimum atomic E-state index is -3.84. The summed E-state index contributed by atoms with van der Waals surface area (Å²) in [4.78, 5) is 13.5. The molecule has 0 aliphatic carbocycles. The van der Waals surface area contributed by atoms with E-state index < -0.39 is 15.9 Å². The second-order valence-electron chi connectivity index (χ2n) is 7.40. The number of carbonyl (C=O) groups is 1. The number of fused-ring (bicyclic) bond motifs is 1. The zero-order chi connectivity index (χ0) is 22.0. The van der Waals surface area contributed by atoms with E-state index in [1.165, 1.54) is 11.4 Å². The summed E-state index contributed by atoms with van der Waals surface area (Å²) in [5, 5.41) is 0. The number of carbonyl (C=O) groups excluding carboxylic acids is 1. The molecule has 7 heteroatoms. The van der Waals surface area contributed by atoms with Gasteiger partial charge in [-0.2, -0.15) is 0 Å². The van der Waals surface area contributed by atoms with Crippen LogP contribution in [0.2, 0.25) is 0 Å². The number of ether oxygens (including phenoxy) is 2. The van der Waals surface area contributed by atoms with Crippen LogP contribution in [0, 0.1) is 6.92 Å². The Hall–Kier alpha value is -3.16. The van der Waals surface area contributed by atoms with Crippen LogP contribution in [0.25, 0.3) is 0 Å². The van der Waals surface area contributed by atoms with Crippen LogP contribution in [0.5, 0.6) is 5.75 Å². The third-order valence-corrected chi connectivity index (χ3v) is 7.13. The molecule has 1 atom stereocenters. The normalized spacial score (nSPS) is 16.1. The zero-order valence-corrected chi connectivity index (χ0v) is 18.1. The number of Topliss-reactive ketones (excluding diaryl/α,β-unsaturated/α-hetero) is 1. The summed E-state index contributed by atoms with van der Waals surface area (Å²) in [5.41, 5.74) is 2.51. The largest absolute Gasteiger partial charge is 0.468 e. The predicted molar refractivity (Wildman–Crippen MR) is 118 cm³/mol. The standard InChI is InChI=1S/C24H23NO5S/c1-17-7-13-20(14-8-17)31(27,28)25-15-22(24(26)21-5-3-4-6-23(21)25)18-9-11-19(12-10-18)30-16-29-2/h3-14,22H,15-16H2,1-2H3. The van der Waals surface area contributed by atoms with Crippen LogP contribution in [0.1, 0.15) is 27.4 Å². The van der Waals surface area contributed by atoms with E-state index in [0.717, 1.165) is 11.1 Å². The van der Waals surface area contributed by atoms with Gasteiger partial charge < -0.3 is 9.47 Å². The van der Waals surface area contributed by atoms with Gasteiger partial charge in [0.15, 0.2) is 12.6 Å². The van der Waals surface area contributed by atoms with Gasteiger partial charge in [-0.25, -0.2) is 8.42 Å². The van der Waals surface area contributed by atoms with Crippen molar-refractivity contribution in [2.75, 3.05) is 24.8 Å². The lowest BCUT2D eigenvalue weighted by Gasteiger charge is -2.34. The molecule has 6 nitrogen and oxygen atoms in total. The lowest BCUT2D eigenvalue weighted by atomic mass is 9.87. The number of rotatable bonds is 6. The van der Waals surface area contributed by atoms with Gasteiger partial charge in [-0.3, -0.25) is 9.10 Å². The van der Waals surface area contributed by atoms with Crippen LogP contribution >= 0.6 is 0 Å². The third kappa shape index (κ3) is 4.06. The molecule has 1 aliphatic rings. The lowest BCUT2D eigenvalue weighted by molar-refractivity contribution is 0.0511. The van der Waals surface area contributed by atoms with Crippen molar-refractivity contribution in [2.24, 2.45) is 0 Å². The van der Waals surface area contributed by atoms with Gasteiger partial charge >= 0.3 is 0 Å². The van der Waals surface area contributed by atoms with Crippen molar-refractivity contribution < 1.29 is 22.7 Å². The fraction of sp³-hybridized carbons (Fsp3) is 0.208. The van der Waals surface area contributed by atoms with Crippen LogP contribution in [-0.2, 0) is 14.8 Å². The molecule has 0 fully saturated rings. The molecule has 3 aromatic rings. The van der Waals surface area contributed by atoms with Crippen molar-refractivity contribution >= 4 is 21.5 Å². The van der Waals surface area contributed by atoms with Crippen molar-refractivity contribution in [2.45, 2.75) is 17.7 Å². The van der Waals surface area contributed by atoms with Crippen LogP contribution < -0.4 is 9.04 Å². The van der Waals surface area contributed by atoms with E-state index >= 15 is 0 Å². The van der Waals surface area contributed by atoms with Crippen molar-refractivity contribution in [3.63, 3.8) is 0 Å². The summed E-state index contributed by atoms with van der Waals surface area (Å²) < 4.78 is 38.6. The monoisotopic (exact) mass is 437 g/mol. The Morgan fingerprint density at radius 2 is 1.65 bits per heavy atom. The molecule has 0 amide bonds. The topological polar surface area (TPSA) is 72.9 Å². The molecular weight excluding hydrogens is 414 g/mol. The van der Waals surface area contributed by atoms with E-state index in [0.29, 0.717) is 17.0 Å². The molecule has 0 N–H and O–H groups in total. The minimum absolute atomic E-state index is 0.0321. The second kappa shape index (κ2) is 8.53. The van der Waals surface area contributed by atoms with Crippen molar-refractivity contribution in [3.8, 4) is 5.75 Å². The number of methoxy groups -OCH3 is 1. The number of hydrogen-bond donors (Lipinski definition) is 0. The number of ketones is 1. The molecule has 3 aromatic carbocycles. The van der Waals surface area contributed by atoms with Gasteiger partial charge in [0.2, 0.25) is 0 Å². The van der Waals surface area contributed by atoms with E-state index in [4.69, 9.17) is 9.47 Å². The number of anilines is 1. The highest BCUT2D eigenvalue weighted by atomic mass is 32.2. The van der Waals surface area contributed by atoms with Crippen LogP contribution in [0.4, 0.5) is 5.69 Å². The SMILES string of the molecule is COCOc1ccc(C2CN(S(=O)(=O)c3ccc(C)cc3)c3ccccc3C2=O)cc1. The van der Waals surface area contributed by atoms with E-state index in [9.17, 15) is 13.2 Å². The summed E-state index contributed by atoms with van der Waals surface area (Å²) >= 11 is 0. The Labute approximate surface area is 182 Å². The highest BCUT2D eigenvalue weighted by Crippen LogP contribution is 2.38. The second-order valence-corrected chi connectivity index (χ2v) is 9.27. The van der Waals surface area contributed by atoms with E-state index in [-0.39, 0.29) is 24.0 Å². The van der Waals surface area contributed by atoms with Crippen LogP contribution in [0.15, 0.2) is 77.7 Å². The van der Waals surface area contributed by atoms with Crippen LogP contribution in [0.3, 0.4) is 0 Å².